The van der Waals surface area contributed by atoms with Crippen LogP contribution in [0, 0.1) is 0 Å². The van der Waals surface area contributed by atoms with E-state index in [1.165, 1.54) is 10.4 Å². The van der Waals surface area contributed by atoms with Gasteiger partial charge in [-0.25, -0.2) is 0 Å². The molecule has 0 spiro atoms. The Morgan fingerprint density at radius 3 is 1.85 bits per heavy atom. The summed E-state index contributed by atoms with van der Waals surface area (Å²) in [5.41, 5.74) is 1.24. The van der Waals surface area contributed by atoms with Crippen molar-refractivity contribution in [2.24, 2.45) is 0 Å². The van der Waals surface area contributed by atoms with E-state index in [1.807, 2.05) is 18.2 Å². The molecule has 2 N–H and O–H groups in total. The Morgan fingerprint density at radius 1 is 0.700 bits per heavy atom. The van der Waals surface area contributed by atoms with Crippen LogP contribution in [0.25, 0.3) is 0 Å². The highest BCUT2D eigenvalue weighted by Crippen LogP contribution is 2.16. The molecule has 0 fully saturated rings. The molecule has 1 aromatic heterocycles. The third-order valence-electron chi connectivity index (χ3n) is 2.65. The minimum atomic E-state index is 0.322. The lowest BCUT2D eigenvalue weighted by molar-refractivity contribution is 0.474. The lowest BCUT2D eigenvalue weighted by atomic mass is 10.1. The monoisotopic (exact) mass is 284 g/mol. The average molecular weight is 284 g/mol. The van der Waals surface area contributed by atoms with E-state index in [1.54, 1.807) is 47.7 Å². The van der Waals surface area contributed by atoms with Crippen LogP contribution >= 0.6 is 11.3 Å². The largest absolute Gasteiger partial charge is 0.508 e. The number of hydrogen-bond donors (Lipinski definition) is 2. The standard InChI is InChI=1S/C11H10OS.C6H6O/c12-10-5-3-9(4-6-10)8-11-2-1-7-13-11;7-6-4-2-1-3-5-6/h1-7,12H,8H2;1-5,7H. The molecule has 102 valence electrons. The topological polar surface area (TPSA) is 40.5 Å². The maximum absolute atomic E-state index is 9.09. The summed E-state index contributed by atoms with van der Waals surface area (Å²) in [4.78, 5) is 1.35. The van der Waals surface area contributed by atoms with Crippen molar-refractivity contribution in [3.05, 3.63) is 82.6 Å². The lowest BCUT2D eigenvalue weighted by Gasteiger charge is -1.98. The molecule has 0 bridgehead atoms. The minimum absolute atomic E-state index is 0.322. The third-order valence-corrected chi connectivity index (χ3v) is 3.53. The Labute approximate surface area is 122 Å². The van der Waals surface area contributed by atoms with Crippen LogP contribution in [0.3, 0.4) is 0 Å². The molecular formula is C17H16O2S. The van der Waals surface area contributed by atoms with E-state index in [9.17, 15) is 0 Å². The van der Waals surface area contributed by atoms with Crippen LogP contribution in [0.5, 0.6) is 11.5 Å². The predicted molar refractivity (Wildman–Crippen MR) is 83.3 cm³/mol. The van der Waals surface area contributed by atoms with Gasteiger partial charge in [-0.05, 0) is 41.3 Å². The molecule has 1 heterocycles. The predicted octanol–water partition coefficient (Wildman–Crippen LogP) is 4.44. The second-order valence-corrected chi connectivity index (χ2v) is 5.29. The first-order valence-electron chi connectivity index (χ1n) is 6.28. The summed E-state index contributed by atoms with van der Waals surface area (Å²) in [7, 11) is 0. The Bertz CT molecular complexity index is 601. The summed E-state index contributed by atoms with van der Waals surface area (Å²) >= 11 is 1.76. The zero-order valence-electron chi connectivity index (χ0n) is 10.9. The van der Waals surface area contributed by atoms with Crippen LogP contribution in [0.15, 0.2) is 72.1 Å². The van der Waals surface area contributed by atoms with Gasteiger partial charge in [0.15, 0.2) is 0 Å². The van der Waals surface area contributed by atoms with Gasteiger partial charge >= 0.3 is 0 Å². The maximum Gasteiger partial charge on any atom is 0.115 e. The fourth-order valence-electron chi connectivity index (χ4n) is 1.66. The summed E-state index contributed by atoms with van der Waals surface area (Å²) in [6, 6.07) is 20.2. The molecule has 0 unspecified atom stereocenters. The van der Waals surface area contributed by atoms with Crippen LogP contribution in [-0.2, 0) is 6.42 Å². The Hall–Kier alpha value is -2.26. The van der Waals surface area contributed by atoms with Gasteiger partial charge in [0.05, 0.1) is 0 Å². The molecule has 0 atom stereocenters. The van der Waals surface area contributed by atoms with E-state index in [0.29, 0.717) is 11.5 Å². The molecule has 0 aliphatic heterocycles. The number of benzene rings is 2. The van der Waals surface area contributed by atoms with E-state index >= 15 is 0 Å². The number of para-hydroxylation sites is 1. The van der Waals surface area contributed by atoms with E-state index in [2.05, 4.69) is 17.5 Å². The van der Waals surface area contributed by atoms with Gasteiger partial charge in [-0.15, -0.1) is 11.3 Å². The molecule has 3 heteroatoms. The Balaban J connectivity index is 0.000000178. The zero-order valence-corrected chi connectivity index (χ0v) is 11.8. The van der Waals surface area contributed by atoms with Gasteiger partial charge in [0.25, 0.3) is 0 Å². The van der Waals surface area contributed by atoms with Crippen molar-refractivity contribution in [1.29, 1.82) is 0 Å². The summed E-state index contributed by atoms with van der Waals surface area (Å²) in [5, 5.41) is 19.8. The van der Waals surface area contributed by atoms with Gasteiger partial charge in [-0.2, -0.15) is 0 Å². The first-order chi connectivity index (χ1) is 9.74. The van der Waals surface area contributed by atoms with E-state index in [4.69, 9.17) is 10.2 Å². The van der Waals surface area contributed by atoms with Crippen molar-refractivity contribution in [3.63, 3.8) is 0 Å². The smallest absolute Gasteiger partial charge is 0.115 e. The highest BCUT2D eigenvalue weighted by atomic mass is 32.1. The number of phenolic OH excluding ortho intramolecular Hbond substituents is 2. The SMILES string of the molecule is Oc1ccc(Cc2cccs2)cc1.Oc1ccccc1. The van der Waals surface area contributed by atoms with Gasteiger partial charge in [0.1, 0.15) is 11.5 Å². The molecule has 0 saturated heterocycles. The van der Waals surface area contributed by atoms with Crippen molar-refractivity contribution in [2.45, 2.75) is 6.42 Å². The summed E-state index contributed by atoms with van der Waals surface area (Å²) in [5.74, 6) is 0.650. The molecule has 2 nitrogen and oxygen atoms in total. The van der Waals surface area contributed by atoms with Gasteiger partial charge in [-0.3, -0.25) is 0 Å². The molecular weight excluding hydrogens is 268 g/mol. The van der Waals surface area contributed by atoms with Gasteiger partial charge < -0.3 is 10.2 Å². The fourth-order valence-corrected chi connectivity index (χ4v) is 2.40. The van der Waals surface area contributed by atoms with Crippen LogP contribution in [-0.4, -0.2) is 10.2 Å². The highest BCUT2D eigenvalue weighted by molar-refractivity contribution is 7.09. The van der Waals surface area contributed by atoms with Crippen molar-refractivity contribution >= 4 is 11.3 Å². The van der Waals surface area contributed by atoms with E-state index in [-0.39, 0.29) is 0 Å². The lowest BCUT2D eigenvalue weighted by Crippen LogP contribution is -1.82. The Kier molecular flexibility index (Phi) is 5.21. The number of hydrogen-bond acceptors (Lipinski definition) is 3. The first kappa shape index (κ1) is 14.2. The van der Waals surface area contributed by atoms with Crippen molar-refractivity contribution in [3.8, 4) is 11.5 Å². The molecule has 20 heavy (non-hydrogen) atoms. The van der Waals surface area contributed by atoms with Gasteiger partial charge in [0.2, 0.25) is 0 Å². The fraction of sp³-hybridized carbons (Fsp3) is 0.0588. The van der Waals surface area contributed by atoms with Crippen LogP contribution in [0.1, 0.15) is 10.4 Å². The molecule has 0 aliphatic rings. The zero-order chi connectivity index (χ0) is 14.2. The maximum atomic E-state index is 9.09. The summed E-state index contributed by atoms with van der Waals surface area (Å²) in [6.07, 6.45) is 0.956. The van der Waals surface area contributed by atoms with E-state index < -0.39 is 0 Å². The van der Waals surface area contributed by atoms with Crippen molar-refractivity contribution < 1.29 is 10.2 Å². The number of thiophene rings is 1. The average Bonchev–Trinajstić information content (AvgIpc) is 2.96. The third kappa shape index (κ3) is 4.78. The van der Waals surface area contributed by atoms with Crippen LogP contribution in [0.2, 0.25) is 0 Å². The summed E-state index contributed by atoms with van der Waals surface area (Å²) < 4.78 is 0. The molecule has 0 radical (unpaired) electrons. The minimum Gasteiger partial charge on any atom is -0.508 e. The summed E-state index contributed by atoms with van der Waals surface area (Å²) in [6.45, 7) is 0. The second-order valence-electron chi connectivity index (χ2n) is 4.26. The van der Waals surface area contributed by atoms with Gasteiger partial charge in [0, 0.05) is 11.3 Å². The molecule has 0 amide bonds. The van der Waals surface area contributed by atoms with Gasteiger partial charge in [-0.1, -0.05) is 36.4 Å². The molecule has 2 aromatic carbocycles. The van der Waals surface area contributed by atoms with Crippen LogP contribution < -0.4 is 0 Å². The van der Waals surface area contributed by atoms with E-state index in [0.717, 1.165) is 6.42 Å². The number of rotatable bonds is 2. The number of aromatic hydroxyl groups is 2. The molecule has 3 aromatic rings. The number of phenols is 2. The normalized spacial score (nSPS) is 9.60. The quantitative estimate of drug-likeness (QED) is 0.730. The highest BCUT2D eigenvalue weighted by Gasteiger charge is 1.96. The first-order valence-corrected chi connectivity index (χ1v) is 7.16. The van der Waals surface area contributed by atoms with Crippen molar-refractivity contribution in [1.82, 2.24) is 0 Å². The molecule has 3 rings (SSSR count). The van der Waals surface area contributed by atoms with Crippen LogP contribution in [0.4, 0.5) is 0 Å². The molecule has 0 aliphatic carbocycles. The molecule has 0 saturated carbocycles. The van der Waals surface area contributed by atoms with Crippen molar-refractivity contribution in [2.75, 3.05) is 0 Å². The Morgan fingerprint density at radius 2 is 1.35 bits per heavy atom. The second kappa shape index (κ2) is 7.36.